The number of rotatable bonds is 8. The minimum Gasteiger partial charge on any atom is -0.349 e. The molecule has 0 saturated carbocycles. The number of thioether (sulfide) groups is 1. The van der Waals surface area contributed by atoms with Crippen LogP contribution in [0.2, 0.25) is 0 Å². The summed E-state index contributed by atoms with van der Waals surface area (Å²) in [4.78, 5) is 12.6. The molecule has 28 heavy (non-hydrogen) atoms. The Morgan fingerprint density at radius 2 is 1.89 bits per heavy atom. The number of nitrogens with zero attached hydrogens (tertiary/aromatic N) is 3. The Kier molecular flexibility index (Phi) is 6.87. The summed E-state index contributed by atoms with van der Waals surface area (Å²) in [5.41, 5.74) is 3.32. The first-order chi connectivity index (χ1) is 13.6. The van der Waals surface area contributed by atoms with E-state index in [0.29, 0.717) is 5.75 Å². The summed E-state index contributed by atoms with van der Waals surface area (Å²) in [6.45, 7) is 6.11. The molecule has 0 spiro atoms. The zero-order chi connectivity index (χ0) is 19.9. The molecular weight excluding hydrogens is 368 g/mol. The quantitative estimate of drug-likeness (QED) is 0.566. The maximum Gasteiger partial charge on any atom is 0.230 e. The Hall–Kier alpha value is -2.60. The predicted octanol–water partition coefficient (Wildman–Crippen LogP) is 4.63. The Morgan fingerprint density at radius 1 is 1.11 bits per heavy atom. The highest BCUT2D eigenvalue weighted by molar-refractivity contribution is 7.99. The van der Waals surface area contributed by atoms with Crippen LogP contribution in [0.1, 0.15) is 42.8 Å². The first kappa shape index (κ1) is 20.1. The molecule has 0 aliphatic rings. The van der Waals surface area contributed by atoms with E-state index in [4.69, 9.17) is 0 Å². The van der Waals surface area contributed by atoms with Gasteiger partial charge in [-0.1, -0.05) is 67.6 Å². The van der Waals surface area contributed by atoms with E-state index in [1.54, 1.807) is 0 Å². The molecule has 0 aliphatic carbocycles. The molecule has 3 aromatic rings. The number of aromatic nitrogens is 3. The number of benzene rings is 2. The number of hydrogen-bond donors (Lipinski definition) is 1. The molecule has 0 unspecified atom stereocenters. The van der Waals surface area contributed by atoms with Crippen molar-refractivity contribution in [1.82, 2.24) is 20.1 Å². The number of hydrogen-bond acceptors (Lipinski definition) is 4. The Balaban J connectivity index is 1.68. The van der Waals surface area contributed by atoms with Gasteiger partial charge in [0.15, 0.2) is 5.16 Å². The molecule has 1 amide bonds. The first-order valence-corrected chi connectivity index (χ1v) is 10.5. The van der Waals surface area contributed by atoms with Gasteiger partial charge in [0.2, 0.25) is 5.91 Å². The van der Waals surface area contributed by atoms with Crippen LogP contribution in [0.5, 0.6) is 0 Å². The van der Waals surface area contributed by atoms with Crippen LogP contribution in [0, 0.1) is 13.8 Å². The van der Waals surface area contributed by atoms with Crippen molar-refractivity contribution in [2.24, 2.45) is 0 Å². The number of carbonyl (C=O) groups excluding carboxylic acids is 1. The van der Waals surface area contributed by atoms with Gasteiger partial charge in [0.25, 0.3) is 0 Å². The summed E-state index contributed by atoms with van der Waals surface area (Å²) in [6, 6.07) is 18.4. The highest BCUT2D eigenvalue weighted by atomic mass is 32.2. The van der Waals surface area contributed by atoms with Crippen LogP contribution in [0.15, 0.2) is 59.8 Å². The normalized spacial score (nSPS) is 12.0. The summed E-state index contributed by atoms with van der Waals surface area (Å²) in [7, 11) is 0. The van der Waals surface area contributed by atoms with Crippen LogP contribution in [-0.4, -0.2) is 26.4 Å². The molecule has 1 heterocycles. The highest BCUT2D eigenvalue weighted by Gasteiger charge is 2.16. The molecule has 0 aliphatic heterocycles. The van der Waals surface area contributed by atoms with Gasteiger partial charge in [0.05, 0.1) is 11.8 Å². The lowest BCUT2D eigenvalue weighted by Crippen LogP contribution is -2.30. The van der Waals surface area contributed by atoms with E-state index in [0.717, 1.165) is 35.1 Å². The largest absolute Gasteiger partial charge is 0.349 e. The minimum absolute atomic E-state index is 0.00347. The smallest absolute Gasteiger partial charge is 0.230 e. The van der Waals surface area contributed by atoms with Crippen molar-refractivity contribution in [3.05, 3.63) is 71.5 Å². The molecule has 5 nitrogen and oxygen atoms in total. The van der Waals surface area contributed by atoms with Crippen LogP contribution < -0.4 is 5.32 Å². The van der Waals surface area contributed by atoms with Crippen molar-refractivity contribution >= 4 is 17.7 Å². The van der Waals surface area contributed by atoms with Crippen LogP contribution >= 0.6 is 11.8 Å². The molecular formula is C22H26N4OS. The molecule has 146 valence electrons. The number of aryl methyl sites for hydroxylation is 2. The van der Waals surface area contributed by atoms with Gasteiger partial charge in [0.1, 0.15) is 5.82 Å². The van der Waals surface area contributed by atoms with Crippen molar-refractivity contribution in [2.75, 3.05) is 5.75 Å². The van der Waals surface area contributed by atoms with E-state index in [9.17, 15) is 4.79 Å². The van der Waals surface area contributed by atoms with Crippen LogP contribution in [0.4, 0.5) is 0 Å². The summed E-state index contributed by atoms with van der Waals surface area (Å²) in [5.74, 6) is 1.11. The van der Waals surface area contributed by atoms with Gasteiger partial charge in [-0.15, -0.1) is 10.2 Å². The third-order valence-electron chi connectivity index (χ3n) is 4.50. The lowest BCUT2D eigenvalue weighted by molar-refractivity contribution is -0.119. The molecule has 0 fully saturated rings. The maximum absolute atomic E-state index is 12.6. The van der Waals surface area contributed by atoms with Gasteiger partial charge >= 0.3 is 0 Å². The third kappa shape index (κ3) is 5.01. The minimum atomic E-state index is 0.00347. The van der Waals surface area contributed by atoms with Gasteiger partial charge < -0.3 is 5.32 Å². The zero-order valence-corrected chi connectivity index (χ0v) is 17.4. The van der Waals surface area contributed by atoms with Crippen molar-refractivity contribution in [3.8, 4) is 5.69 Å². The maximum atomic E-state index is 12.6. The van der Waals surface area contributed by atoms with Crippen LogP contribution in [0.3, 0.4) is 0 Å². The van der Waals surface area contributed by atoms with Gasteiger partial charge in [-0.25, -0.2) is 0 Å². The summed E-state index contributed by atoms with van der Waals surface area (Å²) < 4.78 is 1.99. The number of carbonyl (C=O) groups is 1. The van der Waals surface area contributed by atoms with Gasteiger partial charge in [0, 0.05) is 5.69 Å². The Bertz CT molecular complexity index is 923. The fourth-order valence-electron chi connectivity index (χ4n) is 3.16. The average molecular weight is 395 g/mol. The molecule has 0 radical (unpaired) electrons. The molecule has 2 aromatic carbocycles. The molecule has 0 saturated heterocycles. The summed E-state index contributed by atoms with van der Waals surface area (Å²) in [5, 5.41) is 12.4. The molecule has 1 N–H and O–H groups in total. The first-order valence-electron chi connectivity index (χ1n) is 9.54. The predicted molar refractivity (Wildman–Crippen MR) is 114 cm³/mol. The van der Waals surface area contributed by atoms with Gasteiger partial charge in [-0.05, 0) is 43.5 Å². The van der Waals surface area contributed by atoms with E-state index in [-0.39, 0.29) is 11.9 Å². The molecule has 1 atom stereocenters. The lowest BCUT2D eigenvalue weighted by Gasteiger charge is -2.18. The molecule has 6 heteroatoms. The van der Waals surface area contributed by atoms with E-state index in [1.807, 2.05) is 41.8 Å². The second-order valence-electron chi connectivity index (χ2n) is 6.81. The lowest BCUT2D eigenvalue weighted by atomic mass is 10.0. The SMILES string of the molecule is CCC[C@H](NC(=O)CSc1nnc(C)n1-c1cccc(C)c1)c1ccccc1. The van der Waals surface area contributed by atoms with E-state index < -0.39 is 0 Å². The van der Waals surface area contributed by atoms with Gasteiger partial charge in [-0.2, -0.15) is 0 Å². The number of amides is 1. The highest BCUT2D eigenvalue weighted by Crippen LogP contribution is 2.23. The Labute approximate surface area is 170 Å². The fourth-order valence-corrected chi connectivity index (χ4v) is 3.97. The van der Waals surface area contributed by atoms with Gasteiger partial charge in [-0.3, -0.25) is 9.36 Å². The second kappa shape index (κ2) is 9.55. The Morgan fingerprint density at radius 3 is 2.61 bits per heavy atom. The van der Waals surface area contributed by atoms with E-state index in [1.165, 1.54) is 17.3 Å². The standard InChI is InChI=1S/C22H26N4OS/c1-4-9-20(18-11-6-5-7-12-18)23-21(27)15-28-22-25-24-17(3)26(22)19-13-8-10-16(2)14-19/h5-8,10-14,20H,4,9,15H2,1-3H3,(H,23,27)/t20-/m0/s1. The van der Waals surface area contributed by atoms with E-state index >= 15 is 0 Å². The monoisotopic (exact) mass is 394 g/mol. The fraction of sp³-hybridized carbons (Fsp3) is 0.318. The van der Waals surface area contributed by atoms with E-state index in [2.05, 4.69) is 53.6 Å². The molecule has 3 rings (SSSR count). The summed E-state index contributed by atoms with van der Waals surface area (Å²) >= 11 is 1.41. The van der Waals surface area contributed by atoms with Crippen molar-refractivity contribution in [1.29, 1.82) is 0 Å². The molecule has 0 bridgehead atoms. The van der Waals surface area contributed by atoms with Crippen molar-refractivity contribution in [2.45, 2.75) is 44.8 Å². The summed E-state index contributed by atoms with van der Waals surface area (Å²) in [6.07, 6.45) is 1.92. The second-order valence-corrected chi connectivity index (χ2v) is 7.75. The zero-order valence-electron chi connectivity index (χ0n) is 16.6. The van der Waals surface area contributed by atoms with Crippen molar-refractivity contribution < 1.29 is 4.79 Å². The topological polar surface area (TPSA) is 59.8 Å². The third-order valence-corrected chi connectivity index (χ3v) is 5.43. The molecule has 1 aromatic heterocycles. The van der Waals surface area contributed by atoms with Crippen LogP contribution in [0.25, 0.3) is 5.69 Å². The number of nitrogens with one attached hydrogen (secondary N) is 1. The van der Waals surface area contributed by atoms with Crippen LogP contribution in [-0.2, 0) is 4.79 Å². The van der Waals surface area contributed by atoms with Crippen molar-refractivity contribution in [3.63, 3.8) is 0 Å². The average Bonchev–Trinajstić information content (AvgIpc) is 3.07.